The molecule has 0 aliphatic rings. The Morgan fingerprint density at radius 2 is 2.38 bits per heavy atom. The van der Waals surface area contributed by atoms with Gasteiger partial charge in [-0.2, -0.15) is 0 Å². The van der Waals surface area contributed by atoms with E-state index in [9.17, 15) is 4.79 Å². The van der Waals surface area contributed by atoms with Crippen LogP contribution in [-0.2, 0) is 9.53 Å². The highest BCUT2D eigenvalue weighted by atomic mass is 16.5. The molecule has 0 aliphatic carbocycles. The molecule has 4 heteroatoms. The van der Waals surface area contributed by atoms with Crippen molar-refractivity contribution >= 4 is 11.9 Å². The maximum Gasteiger partial charge on any atom is 0.391 e. The molecule has 0 heterocycles. The van der Waals surface area contributed by atoms with E-state index < -0.39 is 11.9 Å². The molecule has 2 N–H and O–H groups in total. The third kappa shape index (κ3) is 2.17. The smallest absolute Gasteiger partial charge is 0.391 e. The molecule has 0 atom stereocenters. The van der Waals surface area contributed by atoms with Crippen molar-refractivity contribution < 1.29 is 14.6 Å². The third-order valence-corrected chi connectivity index (χ3v) is 0.483. The van der Waals surface area contributed by atoms with Crippen LogP contribution in [0.5, 0.6) is 0 Å². The number of hydrogen-bond acceptors (Lipinski definition) is 3. The molecule has 0 saturated carbocycles. The molecule has 0 bridgehead atoms. The summed E-state index contributed by atoms with van der Waals surface area (Å²) in [4.78, 5) is 9.74. The van der Waals surface area contributed by atoms with Gasteiger partial charge in [0.05, 0.1) is 6.61 Å². The summed E-state index contributed by atoms with van der Waals surface area (Å²) in [6, 6.07) is 0. The second kappa shape index (κ2) is 3.01. The van der Waals surface area contributed by atoms with Crippen LogP contribution in [0.4, 0.5) is 0 Å². The zero-order valence-corrected chi connectivity index (χ0v) is 4.47. The highest BCUT2D eigenvalue weighted by Crippen LogP contribution is 1.75. The first-order valence-corrected chi connectivity index (χ1v) is 2.13. The Morgan fingerprint density at radius 3 is 2.50 bits per heavy atom. The SMILES string of the molecule is CCOC(=N)C(=O)O. The minimum Gasteiger partial charge on any atom is -0.474 e. The first-order chi connectivity index (χ1) is 3.68. The number of nitrogens with one attached hydrogen (secondary N) is 1. The number of carboxylic acids is 1. The van der Waals surface area contributed by atoms with Crippen LogP contribution in [0.15, 0.2) is 0 Å². The number of hydrogen-bond donors (Lipinski definition) is 2. The second-order valence-corrected chi connectivity index (χ2v) is 1.07. The fourth-order valence-electron chi connectivity index (χ4n) is 0.206. The molecule has 0 saturated heterocycles. The topological polar surface area (TPSA) is 70.4 Å². The summed E-state index contributed by atoms with van der Waals surface area (Å²) in [6.45, 7) is 1.85. The number of carboxylic acid groups (broad SMARTS) is 1. The van der Waals surface area contributed by atoms with E-state index in [4.69, 9.17) is 10.5 Å². The van der Waals surface area contributed by atoms with Crippen LogP contribution in [0, 0.1) is 5.41 Å². The maximum atomic E-state index is 9.74. The van der Waals surface area contributed by atoms with Crippen LogP contribution in [0.3, 0.4) is 0 Å². The van der Waals surface area contributed by atoms with Gasteiger partial charge in [0, 0.05) is 0 Å². The van der Waals surface area contributed by atoms with E-state index in [0.717, 1.165) is 0 Å². The van der Waals surface area contributed by atoms with Crippen molar-refractivity contribution in [1.82, 2.24) is 0 Å². The first-order valence-electron chi connectivity index (χ1n) is 2.13. The van der Waals surface area contributed by atoms with Gasteiger partial charge in [-0.05, 0) is 6.92 Å². The Bertz CT molecular complexity index is 110. The van der Waals surface area contributed by atoms with Gasteiger partial charge in [-0.3, -0.25) is 5.41 Å². The molecule has 46 valence electrons. The normalized spacial score (nSPS) is 8.12. The molecule has 0 aliphatic heterocycles. The summed E-state index contributed by atoms with van der Waals surface area (Å²) in [5.74, 6) is -2.03. The van der Waals surface area contributed by atoms with Crippen LogP contribution < -0.4 is 0 Å². The lowest BCUT2D eigenvalue weighted by Gasteiger charge is -1.95. The molecule has 0 amide bonds. The Balaban J connectivity index is 3.49. The molecule has 0 spiro atoms. The monoisotopic (exact) mass is 117 g/mol. The van der Waals surface area contributed by atoms with Crippen molar-refractivity contribution in [2.45, 2.75) is 6.92 Å². The minimum absolute atomic E-state index is 0.227. The van der Waals surface area contributed by atoms with Gasteiger partial charge in [0.15, 0.2) is 0 Å². The van der Waals surface area contributed by atoms with Crippen LogP contribution in [-0.4, -0.2) is 23.6 Å². The van der Waals surface area contributed by atoms with Gasteiger partial charge in [0.2, 0.25) is 0 Å². The summed E-state index contributed by atoms with van der Waals surface area (Å²) in [5, 5.41) is 14.5. The van der Waals surface area contributed by atoms with E-state index in [1.165, 1.54) is 0 Å². The lowest BCUT2D eigenvalue weighted by Crippen LogP contribution is -2.14. The van der Waals surface area contributed by atoms with Crippen molar-refractivity contribution in [3.63, 3.8) is 0 Å². The van der Waals surface area contributed by atoms with Crippen molar-refractivity contribution in [2.75, 3.05) is 6.61 Å². The van der Waals surface area contributed by atoms with Gasteiger partial charge in [-0.15, -0.1) is 0 Å². The Hall–Kier alpha value is -1.06. The molecule has 0 aromatic rings. The van der Waals surface area contributed by atoms with Crippen molar-refractivity contribution in [3.8, 4) is 0 Å². The Kier molecular flexibility index (Phi) is 2.61. The molecular weight excluding hydrogens is 110 g/mol. The van der Waals surface area contributed by atoms with Crippen LogP contribution in [0.25, 0.3) is 0 Å². The highest BCUT2D eigenvalue weighted by Gasteiger charge is 2.04. The number of ether oxygens (including phenoxy) is 1. The lowest BCUT2D eigenvalue weighted by atomic mass is 10.7. The average Bonchev–Trinajstić information content (AvgIpc) is 1.67. The molecule has 0 aromatic heterocycles. The number of carbonyl (C=O) groups is 1. The van der Waals surface area contributed by atoms with Crippen LogP contribution in [0.2, 0.25) is 0 Å². The van der Waals surface area contributed by atoms with Gasteiger partial charge < -0.3 is 9.84 Å². The van der Waals surface area contributed by atoms with Crippen LogP contribution in [0.1, 0.15) is 6.92 Å². The molecule has 0 radical (unpaired) electrons. The molecule has 4 nitrogen and oxygen atoms in total. The second-order valence-electron chi connectivity index (χ2n) is 1.07. The van der Waals surface area contributed by atoms with E-state index in [0.29, 0.717) is 0 Å². The molecule has 0 fully saturated rings. The van der Waals surface area contributed by atoms with Gasteiger partial charge in [0.25, 0.3) is 5.90 Å². The van der Waals surface area contributed by atoms with E-state index in [1.54, 1.807) is 6.92 Å². The first kappa shape index (κ1) is 6.94. The van der Waals surface area contributed by atoms with Gasteiger partial charge in [-0.1, -0.05) is 0 Å². The molecule has 8 heavy (non-hydrogen) atoms. The van der Waals surface area contributed by atoms with Gasteiger partial charge >= 0.3 is 5.97 Å². The Labute approximate surface area is 46.6 Å². The molecular formula is C4H7NO3. The molecule has 0 aromatic carbocycles. The zero-order valence-electron chi connectivity index (χ0n) is 4.47. The van der Waals surface area contributed by atoms with E-state index >= 15 is 0 Å². The molecule has 0 rings (SSSR count). The summed E-state index contributed by atoms with van der Waals surface area (Å²) >= 11 is 0. The predicted octanol–water partition coefficient (Wildman–Crippen LogP) is 0.0848. The molecule has 0 unspecified atom stereocenters. The van der Waals surface area contributed by atoms with Crippen LogP contribution >= 0.6 is 0 Å². The third-order valence-electron chi connectivity index (χ3n) is 0.483. The van der Waals surface area contributed by atoms with Crippen molar-refractivity contribution in [2.24, 2.45) is 0 Å². The summed E-state index contributed by atoms with van der Waals surface area (Å²) in [6.07, 6.45) is 0. The highest BCUT2D eigenvalue weighted by molar-refractivity contribution is 6.30. The lowest BCUT2D eigenvalue weighted by molar-refractivity contribution is -0.131. The fourth-order valence-corrected chi connectivity index (χ4v) is 0.206. The largest absolute Gasteiger partial charge is 0.474 e. The minimum atomic E-state index is -1.33. The van der Waals surface area contributed by atoms with Crippen molar-refractivity contribution in [1.29, 1.82) is 5.41 Å². The van der Waals surface area contributed by atoms with Gasteiger partial charge in [0.1, 0.15) is 0 Å². The zero-order chi connectivity index (χ0) is 6.57. The standard InChI is InChI=1S/C4H7NO3/c1-2-8-3(5)4(6)7/h5H,2H2,1H3,(H,6,7). The number of rotatable bonds is 1. The van der Waals surface area contributed by atoms with E-state index in [2.05, 4.69) is 4.74 Å². The van der Waals surface area contributed by atoms with Gasteiger partial charge in [-0.25, -0.2) is 4.79 Å². The van der Waals surface area contributed by atoms with E-state index in [-0.39, 0.29) is 6.61 Å². The van der Waals surface area contributed by atoms with Crippen molar-refractivity contribution in [3.05, 3.63) is 0 Å². The fraction of sp³-hybridized carbons (Fsp3) is 0.500. The average molecular weight is 117 g/mol. The summed E-state index contributed by atoms with van der Waals surface area (Å²) in [5.41, 5.74) is 0. The summed E-state index contributed by atoms with van der Waals surface area (Å²) in [7, 11) is 0. The Morgan fingerprint density at radius 1 is 1.88 bits per heavy atom. The summed E-state index contributed by atoms with van der Waals surface area (Å²) < 4.78 is 4.29. The van der Waals surface area contributed by atoms with E-state index in [1.807, 2.05) is 0 Å². The predicted molar refractivity (Wildman–Crippen MR) is 27.0 cm³/mol. The quantitative estimate of drug-likeness (QED) is 0.377. The maximum absolute atomic E-state index is 9.74. The number of aliphatic carboxylic acids is 1.